The minimum atomic E-state index is -0.540. The number of rotatable bonds is 7. The molecule has 5 nitrogen and oxygen atoms in total. The monoisotopic (exact) mass is 258 g/mol. The maximum absolute atomic E-state index is 12.1. The van der Waals surface area contributed by atoms with Crippen molar-refractivity contribution in [1.29, 1.82) is 0 Å². The van der Waals surface area contributed by atoms with Gasteiger partial charge in [0, 0.05) is 13.1 Å². The van der Waals surface area contributed by atoms with Crippen LogP contribution in [0.3, 0.4) is 0 Å². The van der Waals surface area contributed by atoms with Gasteiger partial charge in [0.15, 0.2) is 0 Å². The fourth-order valence-corrected chi connectivity index (χ4v) is 1.65. The van der Waals surface area contributed by atoms with Gasteiger partial charge in [0.05, 0.1) is 0 Å². The number of hydrogen-bond acceptors (Lipinski definition) is 4. The topological polar surface area (TPSA) is 58.6 Å². The molecule has 1 atom stereocenters. The van der Waals surface area contributed by atoms with Crippen molar-refractivity contribution in [3.05, 3.63) is 0 Å². The van der Waals surface area contributed by atoms with Crippen LogP contribution in [0.5, 0.6) is 0 Å². The van der Waals surface area contributed by atoms with E-state index in [0.29, 0.717) is 19.5 Å². The zero-order chi connectivity index (χ0) is 14.3. The highest BCUT2D eigenvalue weighted by atomic mass is 16.6. The van der Waals surface area contributed by atoms with Crippen LogP contribution in [0.4, 0.5) is 0 Å². The Balaban J connectivity index is 4.81. The maximum atomic E-state index is 12.1. The van der Waals surface area contributed by atoms with Crippen LogP contribution in [0, 0.1) is 5.92 Å². The predicted molar refractivity (Wildman–Crippen MR) is 71.2 cm³/mol. The molecule has 1 amide bonds. The molecule has 0 heterocycles. The van der Waals surface area contributed by atoms with E-state index in [9.17, 15) is 9.59 Å². The Hall–Kier alpha value is -1.10. The molecule has 18 heavy (non-hydrogen) atoms. The van der Waals surface area contributed by atoms with E-state index < -0.39 is 11.6 Å². The third kappa shape index (κ3) is 6.00. The van der Waals surface area contributed by atoms with Crippen molar-refractivity contribution in [2.24, 2.45) is 5.92 Å². The zero-order valence-corrected chi connectivity index (χ0v) is 12.3. The summed E-state index contributed by atoms with van der Waals surface area (Å²) in [6.07, 6.45) is 0.714. The van der Waals surface area contributed by atoms with E-state index in [0.717, 1.165) is 0 Å². The van der Waals surface area contributed by atoms with E-state index in [4.69, 9.17) is 4.74 Å². The van der Waals surface area contributed by atoms with Crippen molar-refractivity contribution in [3.63, 3.8) is 0 Å². The number of carbonyl (C=O) groups is 2. The molecule has 0 saturated heterocycles. The molecule has 0 aliphatic heterocycles. The van der Waals surface area contributed by atoms with Gasteiger partial charge < -0.3 is 15.0 Å². The Labute approximate surface area is 110 Å². The number of nitrogens with zero attached hydrogens (tertiary/aromatic N) is 1. The molecule has 0 aliphatic rings. The molecular formula is C13H26N2O3. The number of nitrogens with one attached hydrogen (secondary N) is 1. The smallest absolute Gasteiger partial charge is 0.329 e. The van der Waals surface area contributed by atoms with Crippen LogP contribution < -0.4 is 5.32 Å². The fraction of sp³-hybridized carbons (Fsp3) is 0.846. The van der Waals surface area contributed by atoms with Gasteiger partial charge >= 0.3 is 5.97 Å². The van der Waals surface area contributed by atoms with E-state index in [1.54, 1.807) is 7.05 Å². The third-order valence-electron chi connectivity index (χ3n) is 2.39. The molecule has 0 aromatic carbocycles. The van der Waals surface area contributed by atoms with Gasteiger partial charge in [-0.3, -0.25) is 4.79 Å². The molecule has 0 aliphatic carbocycles. The highest BCUT2D eigenvalue weighted by Gasteiger charge is 2.32. The molecule has 5 heteroatoms. The van der Waals surface area contributed by atoms with Crippen LogP contribution in [0.2, 0.25) is 0 Å². The average Bonchev–Trinajstić information content (AvgIpc) is 2.20. The summed E-state index contributed by atoms with van der Waals surface area (Å²) in [5.74, 6) is -0.331. The summed E-state index contributed by atoms with van der Waals surface area (Å²) in [6.45, 7) is 10.4. The summed E-state index contributed by atoms with van der Waals surface area (Å²) in [6, 6.07) is -0.532. The van der Waals surface area contributed by atoms with E-state index in [1.807, 2.05) is 34.6 Å². The Morgan fingerprint density at radius 3 is 2.28 bits per heavy atom. The van der Waals surface area contributed by atoms with Crippen molar-refractivity contribution in [2.75, 3.05) is 20.1 Å². The summed E-state index contributed by atoms with van der Waals surface area (Å²) in [5.41, 5.74) is -0.540. The molecule has 0 aromatic rings. The van der Waals surface area contributed by atoms with E-state index >= 15 is 0 Å². The van der Waals surface area contributed by atoms with E-state index in [-0.39, 0.29) is 11.9 Å². The lowest BCUT2D eigenvalue weighted by molar-refractivity contribution is -0.164. The van der Waals surface area contributed by atoms with E-state index in [1.165, 1.54) is 4.90 Å². The molecule has 1 unspecified atom stereocenters. The van der Waals surface area contributed by atoms with Gasteiger partial charge in [-0.1, -0.05) is 13.8 Å². The van der Waals surface area contributed by atoms with Gasteiger partial charge in [-0.2, -0.15) is 0 Å². The Morgan fingerprint density at radius 1 is 1.39 bits per heavy atom. The first kappa shape index (κ1) is 16.9. The number of ether oxygens (including phenoxy) is 1. The van der Waals surface area contributed by atoms with Crippen LogP contribution in [0.25, 0.3) is 0 Å². The molecule has 0 radical (unpaired) electrons. The first-order chi connectivity index (χ1) is 8.22. The molecule has 0 aromatic heterocycles. The maximum Gasteiger partial charge on any atom is 0.329 e. The zero-order valence-electron chi connectivity index (χ0n) is 12.3. The average molecular weight is 258 g/mol. The quantitative estimate of drug-likeness (QED) is 0.547. The normalized spacial score (nSPS) is 13.3. The Kier molecular flexibility index (Phi) is 6.91. The Bertz CT molecular complexity index is 272. The standard InChI is InChI=1S/C13H26N2O3/c1-10(2)11(12(17)18-13(3,4)5)15(9-16)8-7-14-6/h9-11,14H,7-8H2,1-6H3. The summed E-state index contributed by atoms with van der Waals surface area (Å²) in [4.78, 5) is 24.7. The van der Waals surface area contributed by atoms with Gasteiger partial charge in [0.25, 0.3) is 0 Å². The van der Waals surface area contributed by atoms with Crippen LogP contribution in [-0.2, 0) is 14.3 Å². The molecule has 0 saturated carbocycles. The number of carbonyl (C=O) groups excluding carboxylic acids is 2. The van der Waals surface area contributed by atoms with Gasteiger partial charge in [0.2, 0.25) is 6.41 Å². The lowest BCUT2D eigenvalue weighted by atomic mass is 10.0. The first-order valence-electron chi connectivity index (χ1n) is 6.31. The molecule has 0 fully saturated rings. The Morgan fingerprint density at radius 2 is 1.94 bits per heavy atom. The number of hydrogen-bond donors (Lipinski definition) is 1. The molecule has 1 N–H and O–H groups in total. The molecular weight excluding hydrogens is 232 g/mol. The van der Waals surface area contributed by atoms with Crippen LogP contribution in [0.1, 0.15) is 34.6 Å². The van der Waals surface area contributed by atoms with Crippen molar-refractivity contribution in [1.82, 2.24) is 10.2 Å². The largest absolute Gasteiger partial charge is 0.458 e. The number of likely N-dealkylation sites (N-methyl/N-ethyl adjacent to an activating group) is 1. The summed E-state index contributed by atoms with van der Waals surface area (Å²) in [5, 5.41) is 2.96. The van der Waals surface area contributed by atoms with Gasteiger partial charge in [-0.05, 0) is 33.7 Å². The van der Waals surface area contributed by atoms with E-state index in [2.05, 4.69) is 5.32 Å². The van der Waals surface area contributed by atoms with Gasteiger partial charge in [-0.15, -0.1) is 0 Å². The van der Waals surface area contributed by atoms with Crippen LogP contribution in [-0.4, -0.2) is 49.1 Å². The van der Waals surface area contributed by atoms with Crippen molar-refractivity contribution in [3.8, 4) is 0 Å². The number of esters is 1. The summed E-state index contributed by atoms with van der Waals surface area (Å²) in [7, 11) is 1.81. The van der Waals surface area contributed by atoms with Crippen molar-refractivity contribution < 1.29 is 14.3 Å². The second kappa shape index (κ2) is 7.36. The van der Waals surface area contributed by atoms with Gasteiger partial charge in [-0.25, -0.2) is 4.79 Å². The molecule has 0 bridgehead atoms. The highest BCUT2D eigenvalue weighted by Crippen LogP contribution is 2.16. The third-order valence-corrected chi connectivity index (χ3v) is 2.39. The summed E-state index contributed by atoms with van der Waals surface area (Å²) >= 11 is 0. The number of amides is 1. The van der Waals surface area contributed by atoms with Crippen LogP contribution >= 0.6 is 0 Å². The lowest BCUT2D eigenvalue weighted by Crippen LogP contribution is -2.48. The molecule has 0 rings (SSSR count). The lowest BCUT2D eigenvalue weighted by Gasteiger charge is -2.32. The minimum Gasteiger partial charge on any atom is -0.458 e. The SMILES string of the molecule is CNCCN(C=O)C(C(=O)OC(C)(C)C)C(C)C. The van der Waals surface area contributed by atoms with Crippen molar-refractivity contribution >= 4 is 12.4 Å². The molecule has 106 valence electrons. The molecule has 0 spiro atoms. The highest BCUT2D eigenvalue weighted by molar-refractivity contribution is 5.79. The van der Waals surface area contributed by atoms with Gasteiger partial charge in [0.1, 0.15) is 11.6 Å². The summed E-state index contributed by atoms with van der Waals surface area (Å²) < 4.78 is 5.36. The second-order valence-corrected chi connectivity index (χ2v) is 5.67. The first-order valence-corrected chi connectivity index (χ1v) is 6.31. The fourth-order valence-electron chi connectivity index (χ4n) is 1.65. The second-order valence-electron chi connectivity index (χ2n) is 5.67. The van der Waals surface area contributed by atoms with Crippen LogP contribution in [0.15, 0.2) is 0 Å². The minimum absolute atomic E-state index is 0.0157. The van der Waals surface area contributed by atoms with Crippen molar-refractivity contribution in [2.45, 2.75) is 46.3 Å². The predicted octanol–water partition coefficient (Wildman–Crippen LogP) is 1.03.